The van der Waals surface area contributed by atoms with E-state index >= 15 is 0 Å². The van der Waals surface area contributed by atoms with Crippen LogP contribution in [0.2, 0.25) is 0 Å². The molecule has 6 heteroatoms. The number of pyridine rings is 1. The molecule has 0 saturated carbocycles. The minimum absolute atomic E-state index is 0.501. The Kier molecular flexibility index (Phi) is 1.44. The topological polar surface area (TPSA) is 76.7 Å². The maximum atomic E-state index is 6.69. The number of nitrogens with one attached hydrogen (secondary N) is 1. The Bertz CT molecular complexity index is 409. The predicted molar refractivity (Wildman–Crippen MR) is 40.7 cm³/mol. The summed E-state index contributed by atoms with van der Waals surface area (Å²) < 4.78 is 0. The third kappa shape index (κ3) is 0.895. The van der Waals surface area contributed by atoms with Crippen molar-refractivity contribution in [2.75, 3.05) is 0 Å². The second-order valence-corrected chi connectivity index (χ2v) is 2.03. The van der Waals surface area contributed by atoms with Crippen LogP contribution in [0.4, 0.5) is 0 Å². The van der Waals surface area contributed by atoms with Gasteiger partial charge in [0.15, 0.2) is 0 Å². The molecule has 0 fully saturated rings. The van der Waals surface area contributed by atoms with Crippen LogP contribution >= 0.6 is 0 Å². The molecule has 0 saturated heterocycles. The van der Waals surface area contributed by atoms with Gasteiger partial charge in [0.2, 0.25) is 12.0 Å². The Labute approximate surface area is 67.2 Å². The molecule has 2 rings (SSSR count). The van der Waals surface area contributed by atoms with E-state index in [9.17, 15) is 0 Å². The summed E-state index contributed by atoms with van der Waals surface area (Å²) >= 11 is 0. The summed E-state index contributed by atoms with van der Waals surface area (Å²) in [5.74, 6) is 0. The van der Waals surface area contributed by atoms with E-state index < -0.39 is 0 Å². The fraction of sp³-hybridized carbons (Fsp3) is 0. The third-order valence-corrected chi connectivity index (χ3v) is 1.33. The van der Waals surface area contributed by atoms with Crippen molar-refractivity contribution in [3.63, 3.8) is 0 Å². The molecule has 1 N–H and O–H groups in total. The van der Waals surface area contributed by atoms with E-state index in [0.717, 1.165) is 11.2 Å². The van der Waals surface area contributed by atoms with Crippen LogP contribution in [0, 0.1) is 5.41 Å². The zero-order valence-corrected chi connectivity index (χ0v) is 6.01. The minimum atomic E-state index is 0.501. The Morgan fingerprint density at radius 1 is 1.58 bits per heavy atom. The van der Waals surface area contributed by atoms with Crippen LogP contribution in [0.5, 0.6) is 0 Å². The zero-order chi connectivity index (χ0) is 8.39. The lowest BCUT2D eigenvalue weighted by Crippen LogP contribution is -2.10. The molecule has 0 spiro atoms. The number of aromatic nitrogens is 4. The van der Waals surface area contributed by atoms with Gasteiger partial charge < -0.3 is 4.84 Å². The van der Waals surface area contributed by atoms with Crippen molar-refractivity contribution in [3.8, 4) is 0 Å². The van der Waals surface area contributed by atoms with E-state index in [1.54, 1.807) is 18.3 Å². The summed E-state index contributed by atoms with van der Waals surface area (Å²) in [5.41, 5.74) is 1.14. The second kappa shape index (κ2) is 2.57. The molecule has 0 aliphatic heterocycles. The molecular formula is C6H5N5O. The minimum Gasteiger partial charge on any atom is -0.343 e. The molecule has 0 aromatic carbocycles. The summed E-state index contributed by atoms with van der Waals surface area (Å²) in [5, 5.41) is 14.1. The Morgan fingerprint density at radius 2 is 2.50 bits per heavy atom. The quantitative estimate of drug-likeness (QED) is 0.493. The smallest absolute Gasteiger partial charge is 0.220 e. The first kappa shape index (κ1) is 6.71. The first-order chi connectivity index (χ1) is 5.92. The van der Waals surface area contributed by atoms with Gasteiger partial charge in [-0.05, 0) is 17.3 Å². The van der Waals surface area contributed by atoms with Crippen molar-refractivity contribution >= 4 is 17.6 Å². The molecular weight excluding hydrogens is 158 g/mol. The van der Waals surface area contributed by atoms with Crippen LogP contribution in [-0.2, 0) is 0 Å². The fourth-order valence-electron chi connectivity index (χ4n) is 0.866. The highest BCUT2D eigenvalue weighted by molar-refractivity contribution is 5.68. The van der Waals surface area contributed by atoms with Gasteiger partial charge in [-0.3, -0.25) is 5.41 Å². The van der Waals surface area contributed by atoms with Crippen molar-refractivity contribution in [2.24, 2.45) is 0 Å². The number of fused-ring (bicyclic) bond motifs is 1. The van der Waals surface area contributed by atoms with Crippen LogP contribution in [0.15, 0.2) is 18.3 Å². The van der Waals surface area contributed by atoms with Crippen LogP contribution in [-0.4, -0.2) is 26.5 Å². The normalized spacial score (nSPS) is 10.0. The van der Waals surface area contributed by atoms with Gasteiger partial charge in [-0.15, -0.1) is 5.10 Å². The molecule has 2 aromatic heterocycles. The first-order valence-corrected chi connectivity index (χ1v) is 3.24. The number of hydrogen-bond donors (Lipinski definition) is 1. The summed E-state index contributed by atoms with van der Waals surface area (Å²) in [4.78, 5) is 9.74. The highest BCUT2D eigenvalue weighted by Crippen LogP contribution is 2.03. The Hall–Kier alpha value is -1.98. The Morgan fingerprint density at radius 3 is 3.33 bits per heavy atom. The van der Waals surface area contributed by atoms with Gasteiger partial charge in [0.1, 0.15) is 5.52 Å². The van der Waals surface area contributed by atoms with Gasteiger partial charge in [0.25, 0.3) is 0 Å². The van der Waals surface area contributed by atoms with Gasteiger partial charge in [-0.2, -0.15) is 0 Å². The molecule has 0 unspecified atom stereocenters. The standard InChI is InChI=1S/C6H5N5O/c7-4-12-11-6-5(9-10-11)2-1-3-8-6/h1-4,7H. The summed E-state index contributed by atoms with van der Waals surface area (Å²) in [6.45, 7) is 0. The van der Waals surface area contributed by atoms with Crippen molar-refractivity contribution < 1.29 is 4.84 Å². The first-order valence-electron chi connectivity index (χ1n) is 3.24. The van der Waals surface area contributed by atoms with E-state index in [-0.39, 0.29) is 0 Å². The molecule has 60 valence electrons. The van der Waals surface area contributed by atoms with Crippen LogP contribution in [0.1, 0.15) is 0 Å². The highest BCUT2D eigenvalue weighted by Gasteiger charge is 2.03. The van der Waals surface area contributed by atoms with E-state index in [0.29, 0.717) is 11.2 Å². The van der Waals surface area contributed by atoms with Gasteiger partial charge in [-0.25, -0.2) is 4.98 Å². The molecule has 0 radical (unpaired) electrons. The molecule has 6 nitrogen and oxygen atoms in total. The molecule has 2 aromatic rings. The van der Waals surface area contributed by atoms with Crippen molar-refractivity contribution in [2.45, 2.75) is 0 Å². The Balaban J connectivity index is 2.62. The van der Waals surface area contributed by atoms with Crippen molar-refractivity contribution in [1.29, 1.82) is 5.41 Å². The van der Waals surface area contributed by atoms with E-state index in [2.05, 4.69) is 20.1 Å². The van der Waals surface area contributed by atoms with Crippen LogP contribution in [0.25, 0.3) is 11.2 Å². The molecule has 12 heavy (non-hydrogen) atoms. The summed E-state index contributed by atoms with van der Waals surface area (Å²) in [6, 6.07) is 3.52. The van der Waals surface area contributed by atoms with Crippen LogP contribution in [0.3, 0.4) is 0 Å². The maximum absolute atomic E-state index is 6.69. The van der Waals surface area contributed by atoms with Gasteiger partial charge >= 0.3 is 0 Å². The third-order valence-electron chi connectivity index (χ3n) is 1.33. The number of nitrogens with zero attached hydrogens (tertiary/aromatic N) is 4. The van der Waals surface area contributed by atoms with Crippen LogP contribution < -0.4 is 4.84 Å². The fourth-order valence-corrected chi connectivity index (χ4v) is 0.866. The van der Waals surface area contributed by atoms with Crippen molar-refractivity contribution in [1.82, 2.24) is 20.1 Å². The molecule has 2 heterocycles. The lowest BCUT2D eigenvalue weighted by Gasteiger charge is -1.93. The van der Waals surface area contributed by atoms with E-state index in [1.807, 2.05) is 0 Å². The lowest BCUT2D eigenvalue weighted by atomic mass is 10.4. The lowest BCUT2D eigenvalue weighted by molar-refractivity contribution is 0.234. The zero-order valence-electron chi connectivity index (χ0n) is 6.01. The second-order valence-electron chi connectivity index (χ2n) is 2.03. The largest absolute Gasteiger partial charge is 0.343 e. The average molecular weight is 163 g/mol. The molecule has 0 aliphatic rings. The van der Waals surface area contributed by atoms with Gasteiger partial charge in [0, 0.05) is 6.20 Å². The summed E-state index contributed by atoms with van der Waals surface area (Å²) in [6.07, 6.45) is 2.37. The molecule has 0 bridgehead atoms. The van der Waals surface area contributed by atoms with E-state index in [1.165, 1.54) is 0 Å². The molecule has 0 atom stereocenters. The van der Waals surface area contributed by atoms with Crippen molar-refractivity contribution in [3.05, 3.63) is 18.3 Å². The highest BCUT2D eigenvalue weighted by atomic mass is 16.7. The maximum Gasteiger partial charge on any atom is 0.220 e. The monoisotopic (exact) mass is 163 g/mol. The summed E-state index contributed by atoms with van der Waals surface area (Å²) in [7, 11) is 0. The molecule has 0 amide bonds. The number of hydrogen-bond acceptors (Lipinski definition) is 5. The average Bonchev–Trinajstić information content (AvgIpc) is 2.50. The predicted octanol–water partition coefficient (Wildman–Crippen LogP) is -0.138. The van der Waals surface area contributed by atoms with Gasteiger partial charge in [-0.1, -0.05) is 4.85 Å². The number of rotatable bonds is 2. The van der Waals surface area contributed by atoms with E-state index in [4.69, 9.17) is 5.41 Å². The van der Waals surface area contributed by atoms with Gasteiger partial charge in [0.05, 0.1) is 0 Å². The molecule has 0 aliphatic carbocycles. The SMILES string of the molecule is N=COn1nnc2cccnc21.